The van der Waals surface area contributed by atoms with Crippen molar-refractivity contribution >= 4 is 41.7 Å². The molecular weight excluding hydrogens is 373 g/mol. The summed E-state index contributed by atoms with van der Waals surface area (Å²) < 4.78 is 5.44. The molecule has 0 aromatic rings. The van der Waals surface area contributed by atoms with Crippen molar-refractivity contribution in [3.8, 4) is 0 Å². The van der Waals surface area contributed by atoms with Crippen LogP contribution in [0.3, 0.4) is 0 Å². The van der Waals surface area contributed by atoms with E-state index in [9.17, 15) is 0 Å². The van der Waals surface area contributed by atoms with Gasteiger partial charge in [0.15, 0.2) is 5.96 Å². The number of hydrogen-bond donors (Lipinski definition) is 1. The molecule has 2 N–H and O–H groups in total. The average molecular weight is 399 g/mol. The van der Waals surface area contributed by atoms with E-state index in [4.69, 9.17) is 10.5 Å². The number of thioether (sulfide) groups is 1. The molecule has 0 atom stereocenters. The lowest BCUT2D eigenvalue weighted by molar-refractivity contribution is 0.129. The Kier molecular flexibility index (Phi) is 7.83. The van der Waals surface area contributed by atoms with Crippen molar-refractivity contribution in [2.45, 2.75) is 26.2 Å². The third-order valence-corrected chi connectivity index (χ3v) is 4.79. The van der Waals surface area contributed by atoms with Crippen LogP contribution in [0.15, 0.2) is 4.99 Å². The van der Waals surface area contributed by atoms with Crippen molar-refractivity contribution in [3.63, 3.8) is 0 Å². The van der Waals surface area contributed by atoms with Crippen LogP contribution in [0.2, 0.25) is 0 Å². The minimum atomic E-state index is 0. The molecule has 1 saturated heterocycles. The minimum Gasteiger partial charge on any atom is -0.382 e. The quantitative estimate of drug-likeness (QED) is 0.322. The maximum atomic E-state index is 6.07. The van der Waals surface area contributed by atoms with Gasteiger partial charge in [-0.25, -0.2) is 0 Å². The molecule has 0 aromatic heterocycles. The van der Waals surface area contributed by atoms with Gasteiger partial charge in [0.2, 0.25) is 0 Å². The van der Waals surface area contributed by atoms with Gasteiger partial charge in [-0.3, -0.25) is 4.99 Å². The van der Waals surface area contributed by atoms with E-state index >= 15 is 0 Å². The summed E-state index contributed by atoms with van der Waals surface area (Å²) in [6.07, 6.45) is 3.70. The van der Waals surface area contributed by atoms with Crippen LogP contribution in [0.4, 0.5) is 0 Å². The minimum absolute atomic E-state index is 0. The molecule has 0 radical (unpaired) electrons. The maximum Gasteiger partial charge on any atom is 0.191 e. The van der Waals surface area contributed by atoms with Crippen LogP contribution in [-0.4, -0.2) is 55.2 Å². The van der Waals surface area contributed by atoms with E-state index in [0.717, 1.165) is 45.2 Å². The second-order valence-electron chi connectivity index (χ2n) is 5.22. The van der Waals surface area contributed by atoms with Crippen molar-refractivity contribution in [1.29, 1.82) is 0 Å². The van der Waals surface area contributed by atoms with Gasteiger partial charge in [-0.15, -0.1) is 24.0 Å². The van der Waals surface area contributed by atoms with E-state index in [0.29, 0.717) is 5.41 Å². The van der Waals surface area contributed by atoms with Gasteiger partial charge in [0.05, 0.1) is 0 Å². The Bertz CT molecular complexity index is 292. The number of guanidine groups is 1. The Morgan fingerprint density at radius 1 is 1.37 bits per heavy atom. The molecule has 19 heavy (non-hydrogen) atoms. The Morgan fingerprint density at radius 2 is 2.05 bits per heavy atom. The summed E-state index contributed by atoms with van der Waals surface area (Å²) in [5.74, 6) is 3.09. The lowest BCUT2D eigenvalue weighted by Crippen LogP contribution is -2.43. The first-order chi connectivity index (χ1) is 8.76. The van der Waals surface area contributed by atoms with Gasteiger partial charge in [0.25, 0.3) is 0 Å². The highest BCUT2D eigenvalue weighted by Gasteiger charge is 2.41. The van der Waals surface area contributed by atoms with E-state index in [1.165, 1.54) is 24.3 Å². The molecule has 6 heteroatoms. The van der Waals surface area contributed by atoms with Crippen LogP contribution in [0.1, 0.15) is 26.2 Å². The fraction of sp³-hybridized carbons (Fsp3) is 0.923. The van der Waals surface area contributed by atoms with Crippen LogP contribution in [-0.2, 0) is 4.74 Å². The molecule has 0 aromatic carbocycles. The third kappa shape index (κ3) is 5.67. The topological polar surface area (TPSA) is 50.9 Å². The molecule has 1 heterocycles. The normalized spacial score (nSPS) is 21.9. The SMILES string of the molecule is CCOCCC1(CN=C(N)N2CCSCC2)CC1.I. The predicted molar refractivity (Wildman–Crippen MR) is 93.6 cm³/mol. The molecule has 1 saturated carbocycles. The molecule has 1 aliphatic carbocycles. The number of nitrogens with zero attached hydrogens (tertiary/aromatic N) is 2. The third-order valence-electron chi connectivity index (χ3n) is 3.85. The smallest absolute Gasteiger partial charge is 0.191 e. The van der Waals surface area contributed by atoms with Crippen molar-refractivity contribution in [3.05, 3.63) is 0 Å². The lowest BCUT2D eigenvalue weighted by atomic mass is 10.0. The van der Waals surface area contributed by atoms with Crippen LogP contribution < -0.4 is 5.73 Å². The summed E-state index contributed by atoms with van der Waals surface area (Å²) >= 11 is 2.00. The fourth-order valence-corrected chi connectivity index (χ4v) is 3.14. The lowest BCUT2D eigenvalue weighted by Gasteiger charge is -2.27. The summed E-state index contributed by atoms with van der Waals surface area (Å²) in [6.45, 7) is 6.71. The first-order valence-corrected chi connectivity index (χ1v) is 8.12. The monoisotopic (exact) mass is 399 g/mol. The zero-order chi connectivity index (χ0) is 12.8. The number of ether oxygens (including phenoxy) is 1. The van der Waals surface area contributed by atoms with Gasteiger partial charge < -0.3 is 15.4 Å². The van der Waals surface area contributed by atoms with E-state index in [2.05, 4.69) is 9.89 Å². The molecule has 112 valence electrons. The molecule has 2 rings (SSSR count). The Balaban J connectivity index is 0.00000180. The zero-order valence-corrected chi connectivity index (χ0v) is 14.9. The highest BCUT2D eigenvalue weighted by atomic mass is 127. The van der Waals surface area contributed by atoms with E-state index in [1.54, 1.807) is 0 Å². The number of hydrogen-bond acceptors (Lipinski definition) is 3. The molecule has 0 spiro atoms. The van der Waals surface area contributed by atoms with E-state index in [-0.39, 0.29) is 24.0 Å². The molecule has 1 aliphatic heterocycles. The maximum absolute atomic E-state index is 6.07. The number of nitrogens with two attached hydrogens (primary N) is 1. The van der Waals surface area contributed by atoms with Crippen molar-refractivity contribution in [1.82, 2.24) is 4.90 Å². The number of rotatable bonds is 6. The summed E-state index contributed by atoms with van der Waals surface area (Å²) in [4.78, 5) is 6.83. The summed E-state index contributed by atoms with van der Waals surface area (Å²) in [5, 5.41) is 0. The standard InChI is InChI=1S/C13H25N3OS.HI/c1-2-17-8-5-13(3-4-13)11-15-12(14)16-6-9-18-10-7-16;/h2-11H2,1H3,(H2,14,15);1H. The Morgan fingerprint density at radius 3 is 2.63 bits per heavy atom. The summed E-state index contributed by atoms with van der Waals surface area (Å²) in [5.41, 5.74) is 6.48. The van der Waals surface area contributed by atoms with Crippen LogP contribution in [0.25, 0.3) is 0 Å². The molecule has 2 fully saturated rings. The van der Waals surface area contributed by atoms with Crippen LogP contribution in [0, 0.1) is 5.41 Å². The second kappa shape index (κ2) is 8.56. The highest BCUT2D eigenvalue weighted by Crippen LogP contribution is 2.49. The highest BCUT2D eigenvalue weighted by molar-refractivity contribution is 14.0. The van der Waals surface area contributed by atoms with Crippen LogP contribution in [0.5, 0.6) is 0 Å². The summed E-state index contributed by atoms with van der Waals surface area (Å²) in [6, 6.07) is 0. The van der Waals surface area contributed by atoms with Gasteiger partial charge in [0, 0.05) is 44.4 Å². The van der Waals surface area contributed by atoms with Gasteiger partial charge in [-0.05, 0) is 31.6 Å². The van der Waals surface area contributed by atoms with Gasteiger partial charge in [-0.1, -0.05) is 0 Å². The molecule has 2 aliphatic rings. The van der Waals surface area contributed by atoms with Crippen molar-refractivity contribution < 1.29 is 4.74 Å². The number of aliphatic imine (C=N–C) groups is 1. The Hall–Kier alpha value is 0.310. The largest absolute Gasteiger partial charge is 0.382 e. The van der Waals surface area contributed by atoms with Crippen molar-refractivity contribution in [2.75, 3.05) is 44.4 Å². The average Bonchev–Trinajstić information content (AvgIpc) is 3.18. The van der Waals surface area contributed by atoms with Gasteiger partial charge >= 0.3 is 0 Å². The van der Waals surface area contributed by atoms with Crippen molar-refractivity contribution in [2.24, 2.45) is 16.1 Å². The summed E-state index contributed by atoms with van der Waals surface area (Å²) in [7, 11) is 0. The van der Waals surface area contributed by atoms with E-state index in [1.807, 2.05) is 18.7 Å². The zero-order valence-electron chi connectivity index (χ0n) is 11.8. The molecule has 0 bridgehead atoms. The predicted octanol–water partition coefficient (Wildman–Crippen LogP) is 2.17. The van der Waals surface area contributed by atoms with Gasteiger partial charge in [-0.2, -0.15) is 11.8 Å². The Labute approximate surface area is 137 Å². The second-order valence-corrected chi connectivity index (χ2v) is 6.45. The van der Waals surface area contributed by atoms with Crippen LogP contribution >= 0.6 is 35.7 Å². The fourth-order valence-electron chi connectivity index (χ4n) is 2.24. The number of halogens is 1. The van der Waals surface area contributed by atoms with Gasteiger partial charge in [0.1, 0.15) is 0 Å². The molecule has 4 nitrogen and oxygen atoms in total. The molecular formula is C13H26IN3OS. The first kappa shape index (κ1) is 17.4. The van der Waals surface area contributed by atoms with E-state index < -0.39 is 0 Å². The molecule has 0 amide bonds. The first-order valence-electron chi connectivity index (χ1n) is 6.96. The molecule has 0 unspecified atom stereocenters.